The lowest BCUT2D eigenvalue weighted by molar-refractivity contribution is 0.131. The van der Waals surface area contributed by atoms with E-state index in [4.69, 9.17) is 9.84 Å². The summed E-state index contributed by atoms with van der Waals surface area (Å²) in [5, 5.41) is 9.09. The van der Waals surface area contributed by atoms with E-state index < -0.39 is 0 Å². The topological polar surface area (TPSA) is 32.7 Å². The number of aliphatic hydroxyl groups excluding tert-OH is 1. The van der Waals surface area contributed by atoms with Crippen molar-refractivity contribution in [3.05, 3.63) is 29.3 Å². The Kier molecular flexibility index (Phi) is 4.61. The maximum atomic E-state index is 9.09. The highest BCUT2D eigenvalue weighted by Crippen LogP contribution is 2.28. The fourth-order valence-electron chi connectivity index (χ4n) is 2.10. The van der Waals surface area contributed by atoms with Gasteiger partial charge in [-0.25, -0.2) is 0 Å². The van der Waals surface area contributed by atoms with Crippen LogP contribution in [0.2, 0.25) is 0 Å². The van der Waals surface area contributed by atoms with Gasteiger partial charge < -0.3 is 14.7 Å². The van der Waals surface area contributed by atoms with Gasteiger partial charge >= 0.3 is 0 Å². The van der Waals surface area contributed by atoms with Crippen LogP contribution in [0.5, 0.6) is 0 Å². The van der Waals surface area contributed by atoms with Gasteiger partial charge in [0.25, 0.3) is 0 Å². The molecule has 1 aliphatic carbocycles. The zero-order chi connectivity index (χ0) is 13.0. The molecule has 0 spiro atoms. The van der Waals surface area contributed by atoms with Crippen LogP contribution in [0.25, 0.3) is 0 Å². The Bertz CT molecular complexity index is 388. The molecule has 2 rings (SSSR count). The zero-order valence-electron chi connectivity index (χ0n) is 11.4. The average Bonchev–Trinajstić information content (AvgIpc) is 3.18. The SMILES string of the molecule is Cc1cc(CO)ccc1N(C)CCOCC1CC1. The van der Waals surface area contributed by atoms with Gasteiger partial charge in [-0.15, -0.1) is 0 Å². The van der Waals surface area contributed by atoms with Crippen molar-refractivity contribution < 1.29 is 9.84 Å². The van der Waals surface area contributed by atoms with Gasteiger partial charge in [-0.3, -0.25) is 0 Å². The third-order valence-electron chi connectivity index (χ3n) is 3.48. The molecule has 0 aliphatic heterocycles. The molecule has 3 nitrogen and oxygen atoms in total. The Hall–Kier alpha value is -1.06. The molecule has 1 fully saturated rings. The van der Waals surface area contributed by atoms with Gasteiger partial charge in [0.1, 0.15) is 0 Å². The lowest BCUT2D eigenvalue weighted by Crippen LogP contribution is -2.23. The Labute approximate surface area is 109 Å². The molecular formula is C15H23NO2. The molecule has 1 aliphatic rings. The molecule has 0 unspecified atom stereocenters. The maximum Gasteiger partial charge on any atom is 0.0681 e. The van der Waals surface area contributed by atoms with E-state index in [0.29, 0.717) is 0 Å². The monoisotopic (exact) mass is 249 g/mol. The number of aliphatic hydroxyl groups is 1. The summed E-state index contributed by atoms with van der Waals surface area (Å²) in [5.41, 5.74) is 3.38. The summed E-state index contributed by atoms with van der Waals surface area (Å²) < 4.78 is 5.65. The normalized spacial score (nSPS) is 14.8. The number of hydrogen-bond acceptors (Lipinski definition) is 3. The lowest BCUT2D eigenvalue weighted by atomic mass is 10.1. The van der Waals surface area contributed by atoms with E-state index in [0.717, 1.165) is 31.2 Å². The first-order chi connectivity index (χ1) is 8.70. The van der Waals surface area contributed by atoms with Crippen molar-refractivity contribution in [2.24, 2.45) is 5.92 Å². The second-order valence-electron chi connectivity index (χ2n) is 5.22. The number of aryl methyl sites for hydroxylation is 1. The second kappa shape index (κ2) is 6.21. The molecule has 0 saturated heterocycles. The highest BCUT2D eigenvalue weighted by atomic mass is 16.5. The van der Waals surface area contributed by atoms with Crippen LogP contribution < -0.4 is 4.90 Å². The number of anilines is 1. The van der Waals surface area contributed by atoms with E-state index in [1.54, 1.807) is 0 Å². The molecule has 1 aromatic carbocycles. The molecule has 1 saturated carbocycles. The maximum absolute atomic E-state index is 9.09. The number of rotatable bonds is 7. The number of likely N-dealkylation sites (N-methyl/N-ethyl adjacent to an activating group) is 1. The van der Waals surface area contributed by atoms with Crippen LogP contribution >= 0.6 is 0 Å². The Morgan fingerprint density at radius 1 is 1.39 bits per heavy atom. The van der Waals surface area contributed by atoms with Crippen LogP contribution in [0.15, 0.2) is 18.2 Å². The first kappa shape index (κ1) is 13.4. The van der Waals surface area contributed by atoms with Crippen LogP contribution in [0.4, 0.5) is 5.69 Å². The minimum Gasteiger partial charge on any atom is -0.392 e. The van der Waals surface area contributed by atoms with Crippen LogP contribution in [-0.4, -0.2) is 31.9 Å². The quantitative estimate of drug-likeness (QED) is 0.753. The van der Waals surface area contributed by atoms with Crippen molar-refractivity contribution in [2.75, 3.05) is 31.7 Å². The van der Waals surface area contributed by atoms with Gasteiger partial charge in [0, 0.05) is 25.9 Å². The number of ether oxygens (including phenoxy) is 1. The van der Waals surface area contributed by atoms with Gasteiger partial charge in [0.2, 0.25) is 0 Å². The minimum absolute atomic E-state index is 0.106. The van der Waals surface area contributed by atoms with Crippen molar-refractivity contribution in [1.82, 2.24) is 0 Å². The van der Waals surface area contributed by atoms with Gasteiger partial charge in [-0.2, -0.15) is 0 Å². The molecule has 0 aromatic heterocycles. The standard InChI is InChI=1S/C15H23NO2/c1-12-9-14(10-17)5-6-15(12)16(2)7-8-18-11-13-3-4-13/h5-6,9,13,17H,3-4,7-8,10-11H2,1-2H3. The molecule has 0 bridgehead atoms. The summed E-state index contributed by atoms with van der Waals surface area (Å²) in [5.74, 6) is 0.834. The number of nitrogens with zero attached hydrogens (tertiary/aromatic N) is 1. The van der Waals surface area contributed by atoms with Crippen LogP contribution in [0.3, 0.4) is 0 Å². The van der Waals surface area contributed by atoms with Crippen molar-refractivity contribution in [1.29, 1.82) is 0 Å². The highest BCUT2D eigenvalue weighted by molar-refractivity contribution is 5.53. The minimum atomic E-state index is 0.106. The molecule has 0 amide bonds. The number of benzene rings is 1. The zero-order valence-corrected chi connectivity index (χ0v) is 11.4. The molecule has 0 radical (unpaired) electrons. The van der Waals surface area contributed by atoms with Gasteiger partial charge in [0.15, 0.2) is 0 Å². The van der Waals surface area contributed by atoms with Crippen molar-refractivity contribution in [2.45, 2.75) is 26.4 Å². The molecule has 1 N–H and O–H groups in total. The van der Waals surface area contributed by atoms with Crippen molar-refractivity contribution in [3.63, 3.8) is 0 Å². The first-order valence-corrected chi connectivity index (χ1v) is 6.70. The molecule has 0 heterocycles. The van der Waals surface area contributed by atoms with Gasteiger partial charge in [0.05, 0.1) is 13.2 Å². The van der Waals surface area contributed by atoms with Crippen LogP contribution in [0, 0.1) is 12.8 Å². The van der Waals surface area contributed by atoms with Gasteiger partial charge in [-0.05, 0) is 42.9 Å². The summed E-state index contributed by atoms with van der Waals surface area (Å²) in [6.45, 7) is 4.81. The first-order valence-electron chi connectivity index (χ1n) is 6.70. The largest absolute Gasteiger partial charge is 0.392 e. The predicted molar refractivity (Wildman–Crippen MR) is 73.9 cm³/mol. The van der Waals surface area contributed by atoms with Gasteiger partial charge in [-0.1, -0.05) is 12.1 Å². The summed E-state index contributed by atoms with van der Waals surface area (Å²) in [6, 6.07) is 6.09. The highest BCUT2D eigenvalue weighted by Gasteiger charge is 2.20. The third-order valence-corrected chi connectivity index (χ3v) is 3.48. The van der Waals surface area contributed by atoms with E-state index in [9.17, 15) is 0 Å². The van der Waals surface area contributed by atoms with Crippen LogP contribution in [-0.2, 0) is 11.3 Å². The average molecular weight is 249 g/mol. The molecule has 18 heavy (non-hydrogen) atoms. The van der Waals surface area contributed by atoms with E-state index in [-0.39, 0.29) is 6.61 Å². The molecule has 3 heteroatoms. The van der Waals surface area contributed by atoms with E-state index >= 15 is 0 Å². The lowest BCUT2D eigenvalue weighted by Gasteiger charge is -2.21. The molecular weight excluding hydrogens is 226 g/mol. The smallest absolute Gasteiger partial charge is 0.0681 e. The third kappa shape index (κ3) is 3.72. The summed E-state index contributed by atoms with van der Waals surface area (Å²) in [7, 11) is 2.08. The fourth-order valence-corrected chi connectivity index (χ4v) is 2.10. The Morgan fingerprint density at radius 2 is 2.17 bits per heavy atom. The fraction of sp³-hybridized carbons (Fsp3) is 0.600. The molecule has 0 atom stereocenters. The van der Waals surface area contributed by atoms with E-state index in [1.807, 2.05) is 12.1 Å². The number of hydrogen-bond donors (Lipinski definition) is 1. The van der Waals surface area contributed by atoms with Crippen molar-refractivity contribution in [3.8, 4) is 0 Å². The molecule has 100 valence electrons. The van der Waals surface area contributed by atoms with E-state index in [1.165, 1.54) is 24.1 Å². The molecule has 1 aromatic rings. The van der Waals surface area contributed by atoms with Crippen LogP contribution in [0.1, 0.15) is 24.0 Å². The van der Waals surface area contributed by atoms with Crippen molar-refractivity contribution >= 4 is 5.69 Å². The Morgan fingerprint density at radius 3 is 2.78 bits per heavy atom. The second-order valence-corrected chi connectivity index (χ2v) is 5.22. The summed E-state index contributed by atoms with van der Waals surface area (Å²) in [6.07, 6.45) is 2.69. The Balaban J connectivity index is 1.81. The summed E-state index contributed by atoms with van der Waals surface area (Å²) in [4.78, 5) is 2.21. The summed E-state index contributed by atoms with van der Waals surface area (Å²) >= 11 is 0. The van der Waals surface area contributed by atoms with E-state index in [2.05, 4.69) is 24.9 Å². The predicted octanol–water partition coefficient (Wildman–Crippen LogP) is 2.35.